The van der Waals surface area contributed by atoms with Crippen molar-refractivity contribution in [2.75, 3.05) is 11.9 Å². The summed E-state index contributed by atoms with van der Waals surface area (Å²) in [4.78, 5) is 38.7. The smallest absolute Gasteiger partial charge is 0.323 e. The van der Waals surface area contributed by atoms with Crippen molar-refractivity contribution in [2.45, 2.75) is 18.9 Å². The van der Waals surface area contributed by atoms with Crippen molar-refractivity contribution in [3.8, 4) is 0 Å². The Bertz CT molecular complexity index is 904. The lowest BCUT2D eigenvalue weighted by molar-refractivity contribution is -0.134. The molecule has 1 atom stereocenters. The molecule has 4 amide bonds. The molecule has 6 nitrogen and oxygen atoms in total. The molecular weight excluding hydrogens is 389 g/mol. The van der Waals surface area contributed by atoms with Gasteiger partial charge < -0.3 is 10.6 Å². The summed E-state index contributed by atoms with van der Waals surface area (Å²) in [7, 11) is 0. The van der Waals surface area contributed by atoms with Crippen LogP contribution in [0.15, 0.2) is 48.5 Å². The summed E-state index contributed by atoms with van der Waals surface area (Å²) < 4.78 is 0. The highest BCUT2D eigenvalue weighted by Gasteiger charge is 2.51. The molecule has 2 aromatic rings. The molecule has 140 valence electrons. The average Bonchev–Trinajstić information content (AvgIpc) is 2.90. The van der Waals surface area contributed by atoms with Crippen LogP contribution in [0.1, 0.15) is 18.9 Å². The first-order valence-corrected chi connectivity index (χ1v) is 9.07. The maximum absolute atomic E-state index is 13.0. The molecule has 0 radical (unpaired) electrons. The zero-order valence-corrected chi connectivity index (χ0v) is 16.0. The van der Waals surface area contributed by atoms with E-state index in [1.807, 2.05) is 6.07 Å². The summed E-state index contributed by atoms with van der Waals surface area (Å²) in [5, 5.41) is 6.01. The van der Waals surface area contributed by atoms with E-state index in [0.29, 0.717) is 27.7 Å². The molecular formula is C19H17Cl2N3O3. The monoisotopic (exact) mass is 405 g/mol. The molecule has 1 heterocycles. The number of imide groups is 1. The molecule has 1 unspecified atom stereocenters. The lowest BCUT2D eigenvalue weighted by atomic mass is 9.87. The third-order valence-electron chi connectivity index (χ3n) is 4.48. The first-order valence-electron chi connectivity index (χ1n) is 8.32. The molecule has 3 rings (SSSR count). The van der Waals surface area contributed by atoms with Crippen LogP contribution >= 0.6 is 23.2 Å². The highest BCUT2D eigenvalue weighted by molar-refractivity contribution is 6.35. The van der Waals surface area contributed by atoms with E-state index in [0.717, 1.165) is 4.90 Å². The summed E-state index contributed by atoms with van der Waals surface area (Å²) in [5.74, 6) is -1.02. The molecule has 0 spiro atoms. The second kappa shape index (κ2) is 7.58. The number of urea groups is 1. The fraction of sp³-hybridized carbons (Fsp3) is 0.211. The minimum Gasteiger partial charge on any atom is -0.323 e. The van der Waals surface area contributed by atoms with E-state index in [1.165, 1.54) is 6.07 Å². The van der Waals surface area contributed by atoms with Gasteiger partial charge in [0.1, 0.15) is 12.1 Å². The number of nitrogens with zero attached hydrogens (tertiary/aromatic N) is 1. The molecule has 0 aromatic heterocycles. The fourth-order valence-corrected chi connectivity index (χ4v) is 3.40. The molecule has 0 bridgehead atoms. The Kier molecular flexibility index (Phi) is 5.39. The minimum atomic E-state index is -1.17. The van der Waals surface area contributed by atoms with Crippen LogP contribution < -0.4 is 10.6 Å². The van der Waals surface area contributed by atoms with E-state index in [-0.39, 0.29) is 0 Å². The fourth-order valence-electron chi connectivity index (χ4n) is 3.06. The third kappa shape index (κ3) is 3.63. The normalized spacial score (nSPS) is 19.1. The summed E-state index contributed by atoms with van der Waals surface area (Å²) >= 11 is 11.9. The van der Waals surface area contributed by atoms with Gasteiger partial charge in [0, 0.05) is 5.02 Å². The molecule has 1 aliphatic heterocycles. The molecule has 1 saturated heterocycles. The Morgan fingerprint density at radius 3 is 2.52 bits per heavy atom. The number of anilines is 1. The number of nitrogens with one attached hydrogen (secondary N) is 2. The number of halogens is 2. The largest absolute Gasteiger partial charge is 0.325 e. The lowest BCUT2D eigenvalue weighted by Gasteiger charge is -2.25. The lowest BCUT2D eigenvalue weighted by Crippen LogP contribution is -2.44. The van der Waals surface area contributed by atoms with Crippen molar-refractivity contribution >= 4 is 46.7 Å². The standard InChI is InChI=1S/C19H17Cl2N3O3/c1-2-19(12-6-4-3-5-7-12)17(26)24(18(27)23-19)11-16(25)22-15-10-13(20)8-9-14(15)21/h3-10H,2,11H2,1H3,(H,22,25)(H,23,27). The van der Waals surface area contributed by atoms with Crippen molar-refractivity contribution in [3.05, 3.63) is 64.1 Å². The van der Waals surface area contributed by atoms with Gasteiger partial charge in [0.25, 0.3) is 5.91 Å². The topological polar surface area (TPSA) is 78.5 Å². The zero-order valence-electron chi connectivity index (χ0n) is 14.5. The van der Waals surface area contributed by atoms with E-state index < -0.39 is 29.9 Å². The predicted molar refractivity (Wildman–Crippen MR) is 104 cm³/mol. The molecule has 0 saturated carbocycles. The van der Waals surface area contributed by atoms with Crippen LogP contribution in [0.25, 0.3) is 0 Å². The first-order chi connectivity index (χ1) is 12.9. The Labute approximate surface area is 166 Å². The van der Waals surface area contributed by atoms with Gasteiger partial charge in [0.2, 0.25) is 5.91 Å². The molecule has 1 aliphatic rings. The number of amides is 4. The van der Waals surface area contributed by atoms with Gasteiger partial charge >= 0.3 is 6.03 Å². The second-order valence-electron chi connectivity index (χ2n) is 6.12. The average molecular weight is 406 g/mol. The molecule has 1 fully saturated rings. The number of rotatable bonds is 5. The molecule has 2 N–H and O–H groups in total. The minimum absolute atomic E-state index is 0.303. The summed E-state index contributed by atoms with van der Waals surface area (Å²) in [6.45, 7) is 1.38. The van der Waals surface area contributed by atoms with Gasteiger partial charge in [-0.3, -0.25) is 14.5 Å². The maximum atomic E-state index is 13.0. The highest BCUT2D eigenvalue weighted by Crippen LogP contribution is 2.32. The zero-order chi connectivity index (χ0) is 19.6. The molecule has 27 heavy (non-hydrogen) atoms. The van der Waals surface area contributed by atoms with Crippen molar-refractivity contribution in [3.63, 3.8) is 0 Å². The maximum Gasteiger partial charge on any atom is 0.325 e. The quantitative estimate of drug-likeness (QED) is 0.742. The SMILES string of the molecule is CCC1(c2ccccc2)NC(=O)N(CC(=O)Nc2cc(Cl)ccc2Cl)C1=O. The van der Waals surface area contributed by atoms with Gasteiger partial charge in [0.05, 0.1) is 10.7 Å². The highest BCUT2D eigenvalue weighted by atomic mass is 35.5. The van der Waals surface area contributed by atoms with Crippen LogP contribution in [0.4, 0.5) is 10.5 Å². The van der Waals surface area contributed by atoms with Crippen molar-refractivity contribution in [1.29, 1.82) is 0 Å². The number of carbonyl (C=O) groups is 3. The van der Waals surface area contributed by atoms with Crippen LogP contribution in [-0.2, 0) is 15.1 Å². The third-order valence-corrected chi connectivity index (χ3v) is 5.04. The Morgan fingerprint density at radius 2 is 1.85 bits per heavy atom. The summed E-state index contributed by atoms with van der Waals surface area (Å²) in [6.07, 6.45) is 0.361. The van der Waals surface area contributed by atoms with Gasteiger partial charge in [-0.1, -0.05) is 60.5 Å². The molecule has 0 aliphatic carbocycles. The van der Waals surface area contributed by atoms with Gasteiger partial charge in [-0.05, 0) is 30.2 Å². The summed E-state index contributed by atoms with van der Waals surface area (Å²) in [5.41, 5.74) is -0.190. The van der Waals surface area contributed by atoms with E-state index in [2.05, 4.69) is 10.6 Å². The number of carbonyl (C=O) groups excluding carboxylic acids is 3. The van der Waals surface area contributed by atoms with Crippen LogP contribution in [0, 0.1) is 0 Å². The van der Waals surface area contributed by atoms with E-state index >= 15 is 0 Å². The number of benzene rings is 2. The Morgan fingerprint density at radius 1 is 1.15 bits per heavy atom. The van der Waals surface area contributed by atoms with Crippen molar-refractivity contribution < 1.29 is 14.4 Å². The van der Waals surface area contributed by atoms with E-state index in [4.69, 9.17) is 23.2 Å². The van der Waals surface area contributed by atoms with Gasteiger partial charge in [-0.25, -0.2) is 4.79 Å². The Hall–Kier alpha value is -2.57. The van der Waals surface area contributed by atoms with Crippen LogP contribution in [0.5, 0.6) is 0 Å². The molecule has 2 aromatic carbocycles. The van der Waals surface area contributed by atoms with Crippen LogP contribution in [0.2, 0.25) is 10.0 Å². The van der Waals surface area contributed by atoms with Crippen LogP contribution in [-0.4, -0.2) is 29.3 Å². The van der Waals surface area contributed by atoms with Gasteiger partial charge in [-0.2, -0.15) is 0 Å². The Balaban J connectivity index is 1.79. The van der Waals surface area contributed by atoms with Gasteiger partial charge in [0.15, 0.2) is 0 Å². The molecule has 8 heteroatoms. The number of hydrogen-bond donors (Lipinski definition) is 2. The van der Waals surface area contributed by atoms with E-state index in [1.54, 1.807) is 43.3 Å². The number of hydrogen-bond acceptors (Lipinski definition) is 3. The van der Waals surface area contributed by atoms with Crippen molar-refractivity contribution in [1.82, 2.24) is 10.2 Å². The van der Waals surface area contributed by atoms with Gasteiger partial charge in [-0.15, -0.1) is 0 Å². The van der Waals surface area contributed by atoms with E-state index in [9.17, 15) is 14.4 Å². The van der Waals surface area contributed by atoms with Crippen LogP contribution in [0.3, 0.4) is 0 Å². The first kappa shape index (κ1) is 19.2. The predicted octanol–water partition coefficient (Wildman–Crippen LogP) is 3.79. The second-order valence-corrected chi connectivity index (χ2v) is 6.96. The summed E-state index contributed by atoms with van der Waals surface area (Å²) in [6, 6.07) is 13.0. The van der Waals surface area contributed by atoms with Crippen molar-refractivity contribution in [2.24, 2.45) is 0 Å².